The van der Waals surface area contributed by atoms with Crippen LogP contribution in [-0.4, -0.2) is 64.8 Å². The van der Waals surface area contributed by atoms with Crippen molar-refractivity contribution in [2.45, 2.75) is 18.2 Å². The molecule has 0 aromatic heterocycles. The quantitative estimate of drug-likeness (QED) is 0.305. The number of carbonyl (C=O) groups is 2. The Morgan fingerprint density at radius 3 is 2.61 bits per heavy atom. The molecular weight excluding hydrogens is 512 g/mol. The topological polar surface area (TPSA) is 134 Å². The van der Waals surface area contributed by atoms with E-state index >= 15 is 0 Å². The molecule has 2 N–H and O–H groups in total. The average Bonchev–Trinajstić information content (AvgIpc) is 3.38. The highest BCUT2D eigenvalue weighted by Gasteiger charge is 2.35. The number of anilines is 1. The fraction of sp³-hybridized carbons (Fsp3) is 0.316. The van der Waals surface area contributed by atoms with Crippen LogP contribution in [0.3, 0.4) is 0 Å². The minimum Gasteiger partial charge on any atom is -0.480 e. The number of hydrogen-bond donors (Lipinski definition) is 2. The van der Waals surface area contributed by atoms with Gasteiger partial charge in [-0.1, -0.05) is 35.7 Å². The van der Waals surface area contributed by atoms with Crippen molar-refractivity contribution < 1.29 is 37.1 Å². The van der Waals surface area contributed by atoms with E-state index in [-0.39, 0.29) is 17.5 Å². The van der Waals surface area contributed by atoms with E-state index in [0.717, 1.165) is 32.3 Å². The third-order valence-corrected chi connectivity index (χ3v) is 8.30. The summed E-state index contributed by atoms with van der Waals surface area (Å²) in [6.07, 6.45) is 1.82. The van der Waals surface area contributed by atoms with E-state index in [9.17, 15) is 18.0 Å². The molecule has 0 radical (unpaired) electrons. The number of benzene rings is 1. The fourth-order valence-corrected chi connectivity index (χ4v) is 6.38. The van der Waals surface area contributed by atoms with Gasteiger partial charge in [-0.3, -0.25) is 19.0 Å². The molecule has 1 saturated heterocycles. The second-order valence-corrected chi connectivity index (χ2v) is 11.5. The van der Waals surface area contributed by atoms with Crippen molar-refractivity contribution in [1.29, 1.82) is 0 Å². The van der Waals surface area contributed by atoms with Gasteiger partial charge < -0.3 is 19.5 Å². The molecule has 3 aliphatic heterocycles. The van der Waals surface area contributed by atoms with Gasteiger partial charge in [0.1, 0.15) is 10.9 Å². The van der Waals surface area contributed by atoms with Crippen LogP contribution in [0.1, 0.15) is 13.3 Å². The number of fused-ring (bicyclic) bond motifs is 2. The summed E-state index contributed by atoms with van der Waals surface area (Å²) in [7, 11) is -4.11. The molecular formula is C19H18N2O8S4. The summed E-state index contributed by atoms with van der Waals surface area (Å²) in [5.74, 6) is -0.859. The lowest BCUT2D eigenvalue weighted by Gasteiger charge is -2.21. The zero-order chi connectivity index (χ0) is 23.9. The highest BCUT2D eigenvalue weighted by Crippen LogP contribution is 2.52. The van der Waals surface area contributed by atoms with Crippen molar-refractivity contribution in [3.63, 3.8) is 0 Å². The number of carbonyl (C=O) groups excluding carboxylic acids is 1. The SMILES string of the molecule is CC(C=C1SC(=S)N(CC(=O)O)C1=O)=C1Sc2cc3c(cc2N1CCCS(=O)(=O)O)OCO3. The first-order chi connectivity index (χ1) is 15.5. The minimum atomic E-state index is -4.11. The Labute approximate surface area is 203 Å². The van der Waals surface area contributed by atoms with Gasteiger partial charge in [-0.2, -0.15) is 8.42 Å². The van der Waals surface area contributed by atoms with E-state index in [1.54, 1.807) is 13.0 Å². The van der Waals surface area contributed by atoms with Crippen LogP contribution >= 0.6 is 35.7 Å². The number of thioether (sulfide) groups is 2. The lowest BCUT2D eigenvalue weighted by atomic mass is 10.2. The normalized spacial score (nSPS) is 20.1. The van der Waals surface area contributed by atoms with Crippen LogP contribution in [0.25, 0.3) is 0 Å². The Morgan fingerprint density at radius 1 is 1.24 bits per heavy atom. The van der Waals surface area contributed by atoms with Gasteiger partial charge in [0.05, 0.1) is 21.4 Å². The number of carboxylic acids is 1. The summed E-state index contributed by atoms with van der Waals surface area (Å²) in [6, 6.07) is 3.65. The van der Waals surface area contributed by atoms with E-state index in [0.29, 0.717) is 28.5 Å². The zero-order valence-electron chi connectivity index (χ0n) is 17.1. The Bertz CT molecular complexity index is 1220. The number of thiocarbonyl (C=S) groups is 1. The highest BCUT2D eigenvalue weighted by atomic mass is 32.2. The number of amides is 1. The first kappa shape index (κ1) is 23.9. The Balaban J connectivity index is 1.66. The fourth-order valence-electron chi connectivity index (χ4n) is 3.42. The van der Waals surface area contributed by atoms with E-state index < -0.39 is 34.3 Å². The third-order valence-electron chi connectivity index (χ3n) is 4.83. The van der Waals surface area contributed by atoms with Gasteiger partial charge in [-0.05, 0) is 25.0 Å². The summed E-state index contributed by atoms with van der Waals surface area (Å²) in [5, 5.41) is 9.77. The number of nitrogens with zero attached hydrogens (tertiary/aromatic N) is 2. The molecule has 3 aliphatic rings. The smallest absolute Gasteiger partial charge is 0.323 e. The molecule has 3 heterocycles. The zero-order valence-corrected chi connectivity index (χ0v) is 20.4. The van der Waals surface area contributed by atoms with Crippen LogP contribution < -0.4 is 14.4 Å². The molecule has 1 aromatic carbocycles. The van der Waals surface area contributed by atoms with Crippen molar-refractivity contribution in [3.8, 4) is 11.5 Å². The van der Waals surface area contributed by atoms with Crippen molar-refractivity contribution in [2.75, 3.05) is 30.5 Å². The monoisotopic (exact) mass is 530 g/mol. The maximum Gasteiger partial charge on any atom is 0.323 e. The molecule has 0 saturated carbocycles. The molecule has 0 unspecified atom stereocenters. The predicted molar refractivity (Wildman–Crippen MR) is 127 cm³/mol. The molecule has 14 heteroatoms. The van der Waals surface area contributed by atoms with Crippen LogP contribution in [0.15, 0.2) is 38.6 Å². The summed E-state index contributed by atoms with van der Waals surface area (Å²) >= 11 is 7.60. The summed E-state index contributed by atoms with van der Waals surface area (Å²) in [6.45, 7) is 1.70. The van der Waals surface area contributed by atoms with Gasteiger partial charge in [-0.25, -0.2) is 0 Å². The maximum atomic E-state index is 12.6. The molecule has 33 heavy (non-hydrogen) atoms. The molecule has 0 bridgehead atoms. The Kier molecular flexibility index (Phi) is 6.64. The standard InChI is InChI=1S/C19H18N2O8S4/c1-10(5-15-17(24)21(8-16(22)23)19(30)32-15)18-20(3-2-4-33(25,26)27)11-6-12-13(29-9-28-12)7-14(11)31-18/h5-7H,2-4,8-9H2,1H3,(H,22,23)(H,25,26,27). The average molecular weight is 531 g/mol. The van der Waals surface area contributed by atoms with Crippen molar-refractivity contribution >= 4 is 67.7 Å². The number of rotatable bonds is 7. The van der Waals surface area contributed by atoms with Gasteiger partial charge in [0.25, 0.3) is 16.0 Å². The first-order valence-electron chi connectivity index (χ1n) is 9.56. The van der Waals surface area contributed by atoms with Gasteiger partial charge in [0.15, 0.2) is 11.5 Å². The molecule has 0 atom stereocenters. The molecule has 176 valence electrons. The van der Waals surface area contributed by atoms with Gasteiger partial charge >= 0.3 is 5.97 Å². The van der Waals surface area contributed by atoms with Gasteiger partial charge in [-0.15, -0.1) is 0 Å². The van der Waals surface area contributed by atoms with Crippen molar-refractivity contribution in [2.24, 2.45) is 0 Å². The molecule has 1 amide bonds. The summed E-state index contributed by atoms with van der Waals surface area (Å²) < 4.78 is 42.6. The molecule has 1 aromatic rings. The van der Waals surface area contributed by atoms with Crippen LogP contribution in [-0.2, 0) is 19.7 Å². The van der Waals surface area contributed by atoms with Crippen molar-refractivity contribution in [1.82, 2.24) is 4.90 Å². The number of allylic oxidation sites excluding steroid dienone is 2. The molecule has 1 fully saturated rings. The summed E-state index contributed by atoms with van der Waals surface area (Å²) in [5.41, 5.74) is 1.50. The molecule has 10 nitrogen and oxygen atoms in total. The van der Waals surface area contributed by atoms with E-state index in [4.69, 9.17) is 31.4 Å². The van der Waals surface area contributed by atoms with E-state index in [1.807, 2.05) is 17.0 Å². The molecule has 0 spiro atoms. The lowest BCUT2D eigenvalue weighted by molar-refractivity contribution is -0.140. The van der Waals surface area contributed by atoms with Crippen LogP contribution in [0.5, 0.6) is 11.5 Å². The largest absolute Gasteiger partial charge is 0.480 e. The minimum absolute atomic E-state index is 0.117. The second kappa shape index (κ2) is 9.18. The van der Waals surface area contributed by atoms with Crippen LogP contribution in [0.4, 0.5) is 5.69 Å². The number of carboxylic acid groups (broad SMARTS) is 1. The van der Waals surface area contributed by atoms with Crippen LogP contribution in [0, 0.1) is 0 Å². The van der Waals surface area contributed by atoms with Crippen LogP contribution in [0.2, 0.25) is 0 Å². The van der Waals surface area contributed by atoms with Gasteiger partial charge in [0, 0.05) is 23.6 Å². The van der Waals surface area contributed by atoms with Crippen molar-refractivity contribution in [3.05, 3.63) is 33.7 Å². The Morgan fingerprint density at radius 2 is 1.94 bits per heavy atom. The van der Waals surface area contributed by atoms with E-state index in [1.165, 1.54) is 11.8 Å². The molecule has 4 rings (SSSR count). The number of ether oxygens (including phenoxy) is 2. The second-order valence-electron chi connectivity index (χ2n) is 7.22. The maximum absolute atomic E-state index is 12.6. The van der Waals surface area contributed by atoms with Gasteiger partial charge in [0.2, 0.25) is 6.79 Å². The van der Waals surface area contributed by atoms with E-state index in [2.05, 4.69) is 0 Å². The third kappa shape index (κ3) is 5.14. The molecule has 0 aliphatic carbocycles. The lowest BCUT2D eigenvalue weighted by Crippen LogP contribution is -2.33. The Hall–Kier alpha value is -2.26. The summed E-state index contributed by atoms with van der Waals surface area (Å²) in [4.78, 5) is 27.8. The first-order valence-corrected chi connectivity index (χ1v) is 13.2. The number of hydrogen-bond acceptors (Lipinski definition) is 10. The highest BCUT2D eigenvalue weighted by molar-refractivity contribution is 8.26. The predicted octanol–water partition coefficient (Wildman–Crippen LogP) is 2.67. The number of aliphatic carboxylic acids is 1.